The number of nitrogens with one attached hydrogen (secondary N) is 1. The first kappa shape index (κ1) is 11.5. The van der Waals surface area contributed by atoms with Crippen molar-refractivity contribution in [2.24, 2.45) is 0 Å². The molecule has 1 heterocycles. The third-order valence-corrected chi connectivity index (χ3v) is 2.40. The van der Waals surface area contributed by atoms with E-state index < -0.39 is 0 Å². The Kier molecular flexibility index (Phi) is 2.89. The van der Waals surface area contributed by atoms with Crippen LogP contribution in [-0.4, -0.2) is 16.2 Å². The number of hydrogen-bond donors (Lipinski definition) is 3. The Labute approximate surface area is 103 Å². The fourth-order valence-electron chi connectivity index (χ4n) is 1.60. The van der Waals surface area contributed by atoms with Gasteiger partial charge in [0.1, 0.15) is 5.82 Å². The molecule has 0 radical (unpaired) electrons. The number of rotatable bonds is 2. The van der Waals surface area contributed by atoms with Gasteiger partial charge in [-0.3, -0.25) is 0 Å². The van der Waals surface area contributed by atoms with Gasteiger partial charge in [0.2, 0.25) is 5.95 Å². The second kappa shape index (κ2) is 4.51. The van der Waals surface area contributed by atoms with E-state index >= 15 is 0 Å². The first-order valence-electron chi connectivity index (χ1n) is 5.09. The molecule has 2 aromatic rings. The van der Waals surface area contributed by atoms with E-state index in [4.69, 9.17) is 22.1 Å². The molecule has 0 aliphatic rings. The number of nitrogens with two attached hydrogens (primary N) is 2. The van der Waals surface area contributed by atoms with Crippen LogP contribution in [-0.2, 0) is 0 Å². The van der Waals surface area contributed by atoms with E-state index in [1.54, 1.807) is 24.3 Å². The van der Waals surface area contributed by atoms with Crippen LogP contribution in [0.15, 0.2) is 24.3 Å². The summed E-state index contributed by atoms with van der Waals surface area (Å²) in [5.74, 6) is 0.185. The van der Waals surface area contributed by atoms with Gasteiger partial charge in [-0.05, 0) is 12.1 Å². The van der Waals surface area contributed by atoms with Crippen molar-refractivity contribution in [3.8, 4) is 17.3 Å². The highest BCUT2D eigenvalue weighted by molar-refractivity contribution is 5.92. The molecule has 0 atom stereocenters. The lowest BCUT2D eigenvalue weighted by atomic mass is 10.0. The molecule has 0 aliphatic carbocycles. The van der Waals surface area contributed by atoms with Gasteiger partial charge in [0.05, 0.1) is 22.9 Å². The number of benzene rings is 1. The molecule has 0 saturated carbocycles. The van der Waals surface area contributed by atoms with E-state index in [0.717, 1.165) is 6.21 Å². The Morgan fingerprint density at radius 2 is 2.06 bits per heavy atom. The Hall–Kier alpha value is -2.94. The maximum absolute atomic E-state index is 8.87. The van der Waals surface area contributed by atoms with Crippen LogP contribution in [0.25, 0.3) is 11.3 Å². The molecular formula is C12H10N6. The molecule has 0 bridgehead atoms. The lowest BCUT2D eigenvalue weighted by Gasteiger charge is -2.08. The summed E-state index contributed by atoms with van der Waals surface area (Å²) < 4.78 is 0. The molecule has 6 nitrogen and oxygen atoms in total. The number of hydrogen-bond acceptors (Lipinski definition) is 6. The van der Waals surface area contributed by atoms with Crippen molar-refractivity contribution in [1.29, 1.82) is 10.7 Å². The van der Waals surface area contributed by atoms with Gasteiger partial charge in [0.15, 0.2) is 0 Å². The second-order valence-corrected chi connectivity index (χ2v) is 3.57. The number of nitriles is 1. The molecule has 0 amide bonds. The third-order valence-electron chi connectivity index (χ3n) is 2.40. The van der Waals surface area contributed by atoms with Crippen LogP contribution in [0.5, 0.6) is 0 Å². The quantitative estimate of drug-likeness (QED) is 0.677. The molecule has 18 heavy (non-hydrogen) atoms. The summed E-state index contributed by atoms with van der Waals surface area (Å²) in [6.45, 7) is 0. The average Bonchev–Trinajstić information content (AvgIpc) is 2.38. The van der Waals surface area contributed by atoms with Gasteiger partial charge in [-0.25, -0.2) is 4.98 Å². The Bertz CT molecular complexity index is 656. The lowest BCUT2D eigenvalue weighted by molar-refractivity contribution is 1.19. The van der Waals surface area contributed by atoms with Crippen molar-refractivity contribution in [2.75, 3.05) is 11.5 Å². The Morgan fingerprint density at radius 1 is 1.28 bits per heavy atom. The highest BCUT2D eigenvalue weighted by Crippen LogP contribution is 2.25. The van der Waals surface area contributed by atoms with Crippen LogP contribution in [0.1, 0.15) is 11.1 Å². The van der Waals surface area contributed by atoms with Gasteiger partial charge in [-0.15, -0.1) is 0 Å². The largest absolute Gasteiger partial charge is 0.383 e. The minimum Gasteiger partial charge on any atom is -0.383 e. The summed E-state index contributed by atoms with van der Waals surface area (Å²) in [7, 11) is 0. The standard InChI is InChI=1S/C12H10N6/c13-5-7-2-1-3-8(4-7)10-9(6-14)11(15)18-12(16)17-10/h1-4,6,14H,(H4,15,16,17,18). The predicted octanol–water partition coefficient (Wildman–Crippen LogP) is 1.18. The summed E-state index contributed by atoms with van der Waals surface area (Å²) in [5.41, 5.74) is 13.3. The van der Waals surface area contributed by atoms with Crippen LogP contribution >= 0.6 is 0 Å². The van der Waals surface area contributed by atoms with Crippen molar-refractivity contribution >= 4 is 18.0 Å². The Balaban J connectivity index is 2.70. The van der Waals surface area contributed by atoms with Crippen LogP contribution in [0.4, 0.5) is 11.8 Å². The van der Waals surface area contributed by atoms with Crippen molar-refractivity contribution in [1.82, 2.24) is 9.97 Å². The third kappa shape index (κ3) is 1.97. The Morgan fingerprint density at radius 3 is 2.72 bits per heavy atom. The smallest absolute Gasteiger partial charge is 0.222 e. The van der Waals surface area contributed by atoms with Gasteiger partial charge < -0.3 is 16.9 Å². The van der Waals surface area contributed by atoms with E-state index in [1.807, 2.05) is 6.07 Å². The zero-order chi connectivity index (χ0) is 13.1. The molecule has 0 aliphatic heterocycles. The van der Waals surface area contributed by atoms with Crippen molar-refractivity contribution in [3.05, 3.63) is 35.4 Å². The molecule has 0 unspecified atom stereocenters. The van der Waals surface area contributed by atoms with Gasteiger partial charge in [-0.1, -0.05) is 12.1 Å². The maximum Gasteiger partial charge on any atom is 0.222 e. The van der Waals surface area contributed by atoms with Gasteiger partial charge >= 0.3 is 0 Å². The van der Waals surface area contributed by atoms with E-state index in [2.05, 4.69) is 9.97 Å². The van der Waals surface area contributed by atoms with Crippen molar-refractivity contribution in [2.45, 2.75) is 0 Å². The van der Waals surface area contributed by atoms with E-state index in [9.17, 15) is 0 Å². The molecule has 1 aromatic heterocycles. The minimum atomic E-state index is 0.0375. The molecule has 0 saturated heterocycles. The summed E-state index contributed by atoms with van der Waals surface area (Å²) in [5, 5.41) is 16.2. The second-order valence-electron chi connectivity index (χ2n) is 3.57. The van der Waals surface area contributed by atoms with Crippen molar-refractivity contribution in [3.63, 3.8) is 0 Å². The zero-order valence-electron chi connectivity index (χ0n) is 9.38. The fraction of sp³-hybridized carbons (Fsp3) is 0. The van der Waals surface area contributed by atoms with Crippen LogP contribution in [0, 0.1) is 16.7 Å². The monoisotopic (exact) mass is 238 g/mol. The molecular weight excluding hydrogens is 228 g/mol. The molecule has 88 valence electrons. The van der Waals surface area contributed by atoms with Crippen LogP contribution < -0.4 is 11.5 Å². The molecule has 2 rings (SSSR count). The minimum absolute atomic E-state index is 0.0375. The number of nitrogens with zero attached hydrogens (tertiary/aromatic N) is 3. The highest BCUT2D eigenvalue weighted by Gasteiger charge is 2.11. The average molecular weight is 238 g/mol. The molecule has 1 aromatic carbocycles. The topological polar surface area (TPSA) is 125 Å². The number of anilines is 2. The summed E-state index contributed by atoms with van der Waals surface area (Å²) in [6.07, 6.45) is 1.07. The normalized spacial score (nSPS) is 9.72. The zero-order valence-corrected chi connectivity index (χ0v) is 9.38. The summed E-state index contributed by atoms with van der Waals surface area (Å²) in [4.78, 5) is 7.88. The molecule has 0 spiro atoms. The first-order valence-corrected chi connectivity index (χ1v) is 5.09. The van der Waals surface area contributed by atoms with Crippen LogP contribution in [0.2, 0.25) is 0 Å². The number of nitrogen functional groups attached to an aromatic ring is 2. The van der Waals surface area contributed by atoms with E-state index in [0.29, 0.717) is 22.4 Å². The maximum atomic E-state index is 8.87. The summed E-state index contributed by atoms with van der Waals surface area (Å²) >= 11 is 0. The first-order chi connectivity index (χ1) is 8.65. The van der Waals surface area contributed by atoms with E-state index in [-0.39, 0.29) is 11.8 Å². The van der Waals surface area contributed by atoms with Crippen molar-refractivity contribution < 1.29 is 0 Å². The predicted molar refractivity (Wildman–Crippen MR) is 68.9 cm³/mol. The van der Waals surface area contributed by atoms with E-state index in [1.165, 1.54) is 0 Å². The lowest BCUT2D eigenvalue weighted by Crippen LogP contribution is -2.06. The van der Waals surface area contributed by atoms with Crippen LogP contribution in [0.3, 0.4) is 0 Å². The van der Waals surface area contributed by atoms with Gasteiger partial charge in [0.25, 0.3) is 0 Å². The fourth-order valence-corrected chi connectivity index (χ4v) is 1.60. The van der Waals surface area contributed by atoms with Gasteiger partial charge in [-0.2, -0.15) is 10.2 Å². The molecule has 5 N–H and O–H groups in total. The SMILES string of the molecule is N#Cc1cccc(-c2nc(N)nc(N)c2C=N)c1. The number of aromatic nitrogens is 2. The van der Waals surface area contributed by atoms with Gasteiger partial charge in [0, 0.05) is 11.8 Å². The summed E-state index contributed by atoms with van der Waals surface area (Å²) in [6, 6.07) is 8.89. The molecule has 6 heteroatoms. The molecule has 0 fully saturated rings. The highest BCUT2D eigenvalue weighted by atomic mass is 15.0.